The molecule has 0 radical (unpaired) electrons. The number of aliphatic carboxylic acids is 1. The van der Waals surface area contributed by atoms with Crippen molar-refractivity contribution in [1.82, 2.24) is 0 Å². The molecule has 1 atom stereocenters. The average Bonchev–Trinajstić information content (AvgIpc) is 2.03. The molecule has 0 amide bonds. The number of azide groups is 1. The molecule has 7 heteroatoms. The van der Waals surface area contributed by atoms with Crippen LogP contribution in [0.4, 0.5) is 0 Å². The number of carboxylic acid groups (broad SMARTS) is 1. The fraction of sp³-hybridized carbons (Fsp3) is 0.833. The standard InChI is InChI=1S/C6H12N4O2.ClH/c7-5(6(11)12)3-1-2-4-9-10-8;/h5H,1-4,7H2,(H,11,12);1H. The van der Waals surface area contributed by atoms with E-state index in [1.54, 1.807) is 0 Å². The Morgan fingerprint density at radius 3 is 2.69 bits per heavy atom. The molecule has 0 saturated heterocycles. The van der Waals surface area contributed by atoms with Gasteiger partial charge in [0, 0.05) is 11.5 Å². The summed E-state index contributed by atoms with van der Waals surface area (Å²) in [5, 5.41) is 11.7. The van der Waals surface area contributed by atoms with E-state index in [0.29, 0.717) is 25.8 Å². The van der Waals surface area contributed by atoms with Crippen molar-refractivity contribution in [1.29, 1.82) is 0 Å². The van der Waals surface area contributed by atoms with E-state index in [0.717, 1.165) is 0 Å². The van der Waals surface area contributed by atoms with Crippen LogP contribution in [0.1, 0.15) is 19.3 Å². The van der Waals surface area contributed by atoms with Crippen LogP contribution in [0.3, 0.4) is 0 Å². The minimum absolute atomic E-state index is 0. The van der Waals surface area contributed by atoms with Gasteiger partial charge < -0.3 is 10.8 Å². The summed E-state index contributed by atoms with van der Waals surface area (Å²) in [7, 11) is 0. The molecule has 0 saturated carbocycles. The highest BCUT2D eigenvalue weighted by atomic mass is 35.5. The van der Waals surface area contributed by atoms with Crippen LogP contribution in [0.15, 0.2) is 5.11 Å². The summed E-state index contributed by atoms with van der Waals surface area (Å²) in [6, 6.07) is -0.795. The van der Waals surface area contributed by atoms with Crippen molar-refractivity contribution in [3.8, 4) is 0 Å². The van der Waals surface area contributed by atoms with Crippen molar-refractivity contribution in [2.45, 2.75) is 25.3 Å². The summed E-state index contributed by atoms with van der Waals surface area (Å²) < 4.78 is 0. The average molecular weight is 209 g/mol. The molecule has 6 nitrogen and oxygen atoms in total. The first-order valence-corrected chi connectivity index (χ1v) is 3.67. The van der Waals surface area contributed by atoms with Crippen LogP contribution in [0, 0.1) is 0 Å². The van der Waals surface area contributed by atoms with E-state index in [1.807, 2.05) is 0 Å². The zero-order chi connectivity index (χ0) is 9.40. The molecule has 3 N–H and O–H groups in total. The SMILES string of the molecule is Cl.[N-]=[N+]=NCCCCC(N)C(=O)O. The Morgan fingerprint density at radius 1 is 1.62 bits per heavy atom. The largest absolute Gasteiger partial charge is 0.480 e. The molecule has 0 aromatic heterocycles. The van der Waals surface area contributed by atoms with Crippen molar-refractivity contribution in [3.63, 3.8) is 0 Å². The number of carboxylic acids is 1. The second-order valence-electron chi connectivity index (χ2n) is 2.39. The zero-order valence-corrected chi connectivity index (χ0v) is 7.90. The first-order valence-electron chi connectivity index (χ1n) is 3.67. The van der Waals surface area contributed by atoms with Crippen LogP contribution in [-0.4, -0.2) is 23.7 Å². The van der Waals surface area contributed by atoms with E-state index in [9.17, 15) is 4.79 Å². The topological polar surface area (TPSA) is 112 Å². The van der Waals surface area contributed by atoms with Gasteiger partial charge in [-0.25, -0.2) is 0 Å². The molecule has 0 rings (SSSR count). The van der Waals surface area contributed by atoms with E-state index in [2.05, 4.69) is 10.0 Å². The molecule has 1 unspecified atom stereocenters. The third-order valence-electron chi connectivity index (χ3n) is 1.40. The second kappa shape index (κ2) is 9.12. The zero-order valence-electron chi connectivity index (χ0n) is 7.09. The Bertz CT molecular complexity index is 193. The Labute approximate surface area is 82.1 Å². The number of nitrogens with zero attached hydrogens (tertiary/aromatic N) is 3. The van der Waals surface area contributed by atoms with Gasteiger partial charge in [0.05, 0.1) is 0 Å². The highest BCUT2D eigenvalue weighted by molar-refractivity contribution is 5.85. The summed E-state index contributed by atoms with van der Waals surface area (Å²) in [6.07, 6.45) is 1.79. The fourth-order valence-corrected chi connectivity index (χ4v) is 0.715. The van der Waals surface area contributed by atoms with Crippen LogP contribution in [-0.2, 0) is 4.79 Å². The number of unbranched alkanes of at least 4 members (excludes halogenated alkanes) is 1. The number of hydrogen-bond donors (Lipinski definition) is 2. The van der Waals surface area contributed by atoms with Crippen LogP contribution in [0.25, 0.3) is 10.4 Å². The van der Waals surface area contributed by atoms with E-state index < -0.39 is 12.0 Å². The van der Waals surface area contributed by atoms with Crippen LogP contribution >= 0.6 is 12.4 Å². The van der Waals surface area contributed by atoms with Gasteiger partial charge in [0.25, 0.3) is 0 Å². The third kappa shape index (κ3) is 8.94. The van der Waals surface area contributed by atoms with Gasteiger partial charge in [0.2, 0.25) is 0 Å². The van der Waals surface area contributed by atoms with Crippen LogP contribution in [0.5, 0.6) is 0 Å². The van der Waals surface area contributed by atoms with E-state index >= 15 is 0 Å². The lowest BCUT2D eigenvalue weighted by Gasteiger charge is -2.03. The van der Waals surface area contributed by atoms with Crippen molar-refractivity contribution in [2.24, 2.45) is 10.8 Å². The van der Waals surface area contributed by atoms with Crippen molar-refractivity contribution in [3.05, 3.63) is 10.4 Å². The smallest absolute Gasteiger partial charge is 0.320 e. The van der Waals surface area contributed by atoms with E-state index in [1.165, 1.54) is 0 Å². The summed E-state index contributed by atoms with van der Waals surface area (Å²) in [4.78, 5) is 12.8. The fourth-order valence-electron chi connectivity index (χ4n) is 0.715. The molecule has 0 aliphatic carbocycles. The quantitative estimate of drug-likeness (QED) is 0.297. The van der Waals surface area contributed by atoms with E-state index in [4.69, 9.17) is 16.4 Å². The van der Waals surface area contributed by atoms with Gasteiger partial charge in [-0.2, -0.15) is 0 Å². The number of halogens is 1. The predicted octanol–water partition coefficient (Wildman–Crippen LogP) is 1.30. The lowest BCUT2D eigenvalue weighted by atomic mass is 10.1. The molecular formula is C6H13ClN4O2. The van der Waals surface area contributed by atoms with Crippen molar-refractivity contribution in [2.75, 3.05) is 6.54 Å². The highest BCUT2D eigenvalue weighted by Gasteiger charge is 2.09. The molecule has 0 spiro atoms. The first-order chi connectivity index (χ1) is 5.68. The number of rotatable bonds is 6. The van der Waals surface area contributed by atoms with Gasteiger partial charge in [-0.3, -0.25) is 4.79 Å². The van der Waals surface area contributed by atoms with Gasteiger partial charge in [0.15, 0.2) is 0 Å². The van der Waals surface area contributed by atoms with Crippen LogP contribution in [0.2, 0.25) is 0 Å². The molecular weight excluding hydrogens is 196 g/mol. The van der Waals surface area contributed by atoms with Crippen molar-refractivity contribution < 1.29 is 9.90 Å². The molecule has 0 aliphatic heterocycles. The minimum Gasteiger partial charge on any atom is -0.480 e. The maximum absolute atomic E-state index is 10.2. The normalized spacial score (nSPS) is 10.8. The molecule has 13 heavy (non-hydrogen) atoms. The van der Waals surface area contributed by atoms with E-state index in [-0.39, 0.29) is 12.4 Å². The summed E-state index contributed by atoms with van der Waals surface area (Å²) in [5.74, 6) is -0.987. The molecule has 0 aliphatic rings. The molecule has 0 fully saturated rings. The lowest BCUT2D eigenvalue weighted by Crippen LogP contribution is -2.29. The Balaban J connectivity index is 0. The Kier molecular flexibility index (Phi) is 10.2. The number of carbonyl (C=O) groups is 1. The molecule has 0 bridgehead atoms. The summed E-state index contributed by atoms with van der Waals surface area (Å²) in [6.45, 7) is 0.406. The number of hydrogen-bond acceptors (Lipinski definition) is 3. The van der Waals surface area contributed by atoms with Gasteiger partial charge in [-0.1, -0.05) is 11.5 Å². The first kappa shape index (κ1) is 14.5. The Hall–Kier alpha value is -0.970. The van der Waals surface area contributed by atoms with Gasteiger partial charge in [-0.15, -0.1) is 12.4 Å². The van der Waals surface area contributed by atoms with Gasteiger partial charge in [-0.05, 0) is 18.4 Å². The van der Waals surface area contributed by atoms with Crippen LogP contribution < -0.4 is 5.73 Å². The Morgan fingerprint density at radius 2 is 2.23 bits per heavy atom. The maximum atomic E-state index is 10.2. The monoisotopic (exact) mass is 208 g/mol. The summed E-state index contributed by atoms with van der Waals surface area (Å²) in [5.41, 5.74) is 13.1. The van der Waals surface area contributed by atoms with Gasteiger partial charge >= 0.3 is 5.97 Å². The van der Waals surface area contributed by atoms with Crippen molar-refractivity contribution >= 4 is 18.4 Å². The maximum Gasteiger partial charge on any atom is 0.320 e. The minimum atomic E-state index is -0.987. The molecule has 0 aromatic rings. The van der Waals surface area contributed by atoms with Gasteiger partial charge in [0.1, 0.15) is 6.04 Å². The lowest BCUT2D eigenvalue weighted by molar-refractivity contribution is -0.138. The number of nitrogens with two attached hydrogens (primary N) is 1. The molecule has 0 heterocycles. The molecule has 76 valence electrons. The molecule has 0 aromatic carbocycles. The summed E-state index contributed by atoms with van der Waals surface area (Å²) >= 11 is 0. The highest BCUT2D eigenvalue weighted by Crippen LogP contribution is 1.99. The third-order valence-corrected chi connectivity index (χ3v) is 1.40. The predicted molar refractivity (Wildman–Crippen MR) is 50.7 cm³/mol. The second-order valence-corrected chi connectivity index (χ2v) is 2.39.